The minimum Gasteiger partial charge on any atom is -0.452 e. The number of amides is 1. The van der Waals surface area contributed by atoms with E-state index in [1.807, 2.05) is 0 Å². The normalized spacial score (nSPS) is 18.4. The molecule has 0 N–H and O–H groups in total. The van der Waals surface area contributed by atoms with Gasteiger partial charge in [-0.05, 0) is 51.0 Å². The molecule has 1 aromatic carbocycles. The van der Waals surface area contributed by atoms with Crippen LogP contribution in [0.4, 0.5) is 4.39 Å². The number of nitrogens with zero attached hydrogens (tertiary/aromatic N) is 3. The summed E-state index contributed by atoms with van der Waals surface area (Å²) in [5.41, 5.74) is 0.398. The van der Waals surface area contributed by atoms with E-state index in [0.717, 1.165) is 0 Å². The lowest BCUT2D eigenvalue weighted by molar-refractivity contribution is -0.156. The van der Waals surface area contributed by atoms with Crippen molar-refractivity contribution in [3.8, 4) is 0 Å². The molecule has 1 aromatic heterocycles. The standard InChI is InChI=1S/C18H20FN3O4/c1-11(16-20-12(2)21-26-16)25-18(24)14-4-3-9-22(10-14)17(23)13-5-7-15(19)8-6-13/h5-8,11,14H,3-4,9-10H2,1-2H3. The Hall–Kier alpha value is -2.77. The third kappa shape index (κ3) is 4.07. The first kappa shape index (κ1) is 18.0. The average molecular weight is 361 g/mol. The van der Waals surface area contributed by atoms with Gasteiger partial charge in [-0.1, -0.05) is 5.16 Å². The van der Waals surface area contributed by atoms with Crippen LogP contribution in [0.1, 0.15) is 47.9 Å². The summed E-state index contributed by atoms with van der Waals surface area (Å²) in [6.45, 7) is 4.17. The number of benzene rings is 1. The summed E-state index contributed by atoms with van der Waals surface area (Å²) >= 11 is 0. The van der Waals surface area contributed by atoms with Crippen molar-refractivity contribution in [3.63, 3.8) is 0 Å². The van der Waals surface area contributed by atoms with Crippen LogP contribution in [-0.2, 0) is 9.53 Å². The molecule has 3 rings (SSSR count). The molecule has 2 unspecified atom stereocenters. The first-order chi connectivity index (χ1) is 12.4. The van der Waals surface area contributed by atoms with Gasteiger partial charge in [-0.2, -0.15) is 4.98 Å². The van der Waals surface area contributed by atoms with Crippen molar-refractivity contribution < 1.29 is 23.2 Å². The van der Waals surface area contributed by atoms with E-state index in [4.69, 9.17) is 9.26 Å². The maximum atomic E-state index is 13.0. The Balaban J connectivity index is 1.61. The van der Waals surface area contributed by atoms with Crippen molar-refractivity contribution >= 4 is 11.9 Å². The van der Waals surface area contributed by atoms with Crippen molar-refractivity contribution in [2.45, 2.75) is 32.8 Å². The van der Waals surface area contributed by atoms with Crippen LogP contribution in [0.25, 0.3) is 0 Å². The Bertz CT molecular complexity index is 790. The predicted molar refractivity (Wildman–Crippen MR) is 88.6 cm³/mol. The number of hydrogen-bond acceptors (Lipinski definition) is 6. The minimum atomic E-state index is -0.646. The molecule has 8 heteroatoms. The Morgan fingerprint density at radius 1 is 1.35 bits per heavy atom. The summed E-state index contributed by atoms with van der Waals surface area (Å²) in [4.78, 5) is 30.6. The highest BCUT2D eigenvalue weighted by molar-refractivity contribution is 5.94. The maximum absolute atomic E-state index is 13.0. The lowest BCUT2D eigenvalue weighted by Crippen LogP contribution is -2.43. The summed E-state index contributed by atoms with van der Waals surface area (Å²) in [6, 6.07) is 5.38. The number of aromatic nitrogens is 2. The van der Waals surface area contributed by atoms with Crippen LogP contribution in [0.3, 0.4) is 0 Å². The van der Waals surface area contributed by atoms with Crippen LogP contribution >= 0.6 is 0 Å². The fourth-order valence-corrected chi connectivity index (χ4v) is 2.93. The molecule has 2 aromatic rings. The van der Waals surface area contributed by atoms with Crippen molar-refractivity contribution in [2.24, 2.45) is 5.92 Å². The highest BCUT2D eigenvalue weighted by Gasteiger charge is 2.31. The predicted octanol–water partition coefficient (Wildman–Crippen LogP) is 2.67. The zero-order chi connectivity index (χ0) is 18.7. The molecule has 2 heterocycles. The number of likely N-dealkylation sites (tertiary alicyclic amines) is 1. The van der Waals surface area contributed by atoms with E-state index < -0.39 is 23.8 Å². The van der Waals surface area contributed by atoms with Gasteiger partial charge in [0.05, 0.1) is 5.92 Å². The van der Waals surface area contributed by atoms with Crippen molar-refractivity contribution in [2.75, 3.05) is 13.1 Å². The number of rotatable bonds is 4. The van der Waals surface area contributed by atoms with Crippen LogP contribution in [0.2, 0.25) is 0 Å². The van der Waals surface area contributed by atoms with Crippen LogP contribution in [0.15, 0.2) is 28.8 Å². The molecule has 1 aliphatic rings. The first-order valence-corrected chi connectivity index (χ1v) is 8.49. The van der Waals surface area contributed by atoms with E-state index >= 15 is 0 Å². The van der Waals surface area contributed by atoms with Crippen LogP contribution in [0.5, 0.6) is 0 Å². The monoisotopic (exact) mass is 361 g/mol. The fourth-order valence-electron chi connectivity index (χ4n) is 2.93. The van der Waals surface area contributed by atoms with Gasteiger partial charge in [0.1, 0.15) is 5.82 Å². The highest BCUT2D eigenvalue weighted by atomic mass is 19.1. The number of esters is 1. The molecule has 0 radical (unpaired) electrons. The molecule has 1 fully saturated rings. The molecule has 0 bridgehead atoms. The van der Waals surface area contributed by atoms with Gasteiger partial charge in [-0.25, -0.2) is 4.39 Å². The van der Waals surface area contributed by atoms with Gasteiger partial charge in [0.25, 0.3) is 11.8 Å². The second-order valence-corrected chi connectivity index (χ2v) is 6.36. The van der Waals surface area contributed by atoms with Crippen molar-refractivity contribution in [1.82, 2.24) is 15.0 Å². The van der Waals surface area contributed by atoms with E-state index in [9.17, 15) is 14.0 Å². The summed E-state index contributed by atoms with van der Waals surface area (Å²) in [5, 5.41) is 3.68. The summed E-state index contributed by atoms with van der Waals surface area (Å²) in [7, 11) is 0. The molecule has 1 saturated heterocycles. The number of aryl methyl sites for hydroxylation is 1. The van der Waals surface area contributed by atoms with Gasteiger partial charge in [0.15, 0.2) is 11.9 Å². The maximum Gasteiger partial charge on any atom is 0.311 e. The zero-order valence-electron chi connectivity index (χ0n) is 14.6. The number of hydrogen-bond donors (Lipinski definition) is 0. The number of piperidine rings is 1. The van der Waals surface area contributed by atoms with Crippen molar-refractivity contribution in [3.05, 3.63) is 47.4 Å². The van der Waals surface area contributed by atoms with E-state index in [2.05, 4.69) is 10.1 Å². The van der Waals surface area contributed by atoms with Crippen LogP contribution in [-0.4, -0.2) is 40.0 Å². The van der Waals surface area contributed by atoms with Gasteiger partial charge in [-0.3, -0.25) is 9.59 Å². The molecule has 1 amide bonds. The van der Waals surface area contributed by atoms with E-state index in [-0.39, 0.29) is 18.3 Å². The first-order valence-electron chi connectivity index (χ1n) is 8.49. The van der Waals surface area contributed by atoms with Gasteiger partial charge >= 0.3 is 5.97 Å². The molecule has 7 nitrogen and oxygen atoms in total. The molecule has 2 atom stereocenters. The number of ether oxygens (including phenoxy) is 1. The minimum absolute atomic E-state index is 0.219. The van der Waals surface area contributed by atoms with Gasteiger partial charge in [0.2, 0.25) is 0 Å². The van der Waals surface area contributed by atoms with Crippen molar-refractivity contribution in [1.29, 1.82) is 0 Å². The lowest BCUT2D eigenvalue weighted by atomic mass is 9.97. The summed E-state index contributed by atoms with van der Waals surface area (Å²) < 4.78 is 23.4. The quantitative estimate of drug-likeness (QED) is 0.779. The van der Waals surface area contributed by atoms with Crippen LogP contribution < -0.4 is 0 Å². The lowest BCUT2D eigenvalue weighted by Gasteiger charge is -2.32. The Kier molecular flexibility index (Phi) is 5.29. The Morgan fingerprint density at radius 2 is 2.08 bits per heavy atom. The van der Waals surface area contributed by atoms with E-state index in [1.54, 1.807) is 18.7 Å². The van der Waals surface area contributed by atoms with E-state index in [0.29, 0.717) is 30.8 Å². The van der Waals surface area contributed by atoms with E-state index in [1.165, 1.54) is 24.3 Å². The fraction of sp³-hybridized carbons (Fsp3) is 0.444. The molecular formula is C18H20FN3O4. The zero-order valence-corrected chi connectivity index (χ0v) is 14.6. The Labute approximate surface area is 150 Å². The second kappa shape index (κ2) is 7.63. The highest BCUT2D eigenvalue weighted by Crippen LogP contribution is 2.23. The average Bonchev–Trinajstić information content (AvgIpc) is 3.08. The Morgan fingerprint density at radius 3 is 2.73 bits per heavy atom. The molecular weight excluding hydrogens is 341 g/mol. The van der Waals surface area contributed by atoms with Gasteiger partial charge in [-0.15, -0.1) is 0 Å². The number of halogens is 1. The molecule has 0 spiro atoms. The molecule has 0 aliphatic carbocycles. The number of carbonyl (C=O) groups is 2. The van der Waals surface area contributed by atoms with Gasteiger partial charge < -0.3 is 14.2 Å². The van der Waals surface area contributed by atoms with Gasteiger partial charge in [0, 0.05) is 18.7 Å². The molecule has 0 saturated carbocycles. The smallest absolute Gasteiger partial charge is 0.311 e. The largest absolute Gasteiger partial charge is 0.452 e. The topological polar surface area (TPSA) is 85.5 Å². The van der Waals surface area contributed by atoms with Crippen LogP contribution in [0, 0.1) is 18.7 Å². The second-order valence-electron chi connectivity index (χ2n) is 6.36. The number of carbonyl (C=O) groups excluding carboxylic acids is 2. The third-order valence-electron chi connectivity index (χ3n) is 4.32. The molecule has 1 aliphatic heterocycles. The summed E-state index contributed by atoms with van der Waals surface area (Å²) in [5.74, 6) is -0.720. The third-order valence-corrected chi connectivity index (χ3v) is 4.32. The summed E-state index contributed by atoms with van der Waals surface area (Å²) in [6.07, 6.45) is 0.689. The molecule has 26 heavy (non-hydrogen) atoms. The molecule has 138 valence electrons. The SMILES string of the molecule is Cc1noc(C(C)OC(=O)C2CCCN(C(=O)c3ccc(F)cc3)C2)n1.